The molecule has 0 saturated carbocycles. The normalized spacial score (nSPS) is 17.9. The van der Waals surface area contributed by atoms with E-state index in [1.807, 2.05) is 0 Å². The molecule has 1 unspecified atom stereocenters. The van der Waals surface area contributed by atoms with Gasteiger partial charge in [0.15, 0.2) is 0 Å². The number of hydrogen-bond donors (Lipinski definition) is 3. The Morgan fingerprint density at radius 3 is 2.67 bits per heavy atom. The van der Waals surface area contributed by atoms with Crippen LogP contribution in [0.3, 0.4) is 0 Å². The molecule has 136 valence electrons. The summed E-state index contributed by atoms with van der Waals surface area (Å²) in [6.07, 6.45) is 3.28. The second kappa shape index (κ2) is 8.80. The average Bonchev–Trinajstić information content (AvgIpc) is 2.49. The van der Waals surface area contributed by atoms with E-state index in [2.05, 4.69) is 10.6 Å². The minimum Gasteiger partial charge on any atom is -0.352 e. The maximum absolute atomic E-state index is 12.3. The SMILES string of the molecule is Cc1cc(C(=O)NCCC2CCCNC2)cc(S(N)(=O)=O)c1C.Cl. The van der Waals surface area contributed by atoms with E-state index < -0.39 is 10.0 Å². The Bertz CT molecular complexity index is 686. The van der Waals surface area contributed by atoms with Crippen LogP contribution in [0.15, 0.2) is 17.0 Å². The van der Waals surface area contributed by atoms with Gasteiger partial charge in [-0.25, -0.2) is 13.6 Å². The Morgan fingerprint density at radius 2 is 2.08 bits per heavy atom. The van der Waals surface area contributed by atoms with Crippen LogP contribution in [-0.4, -0.2) is 34.0 Å². The van der Waals surface area contributed by atoms with Gasteiger partial charge >= 0.3 is 0 Å². The molecule has 8 heteroatoms. The molecule has 1 aliphatic rings. The zero-order valence-electron chi connectivity index (χ0n) is 14.1. The lowest BCUT2D eigenvalue weighted by Gasteiger charge is -2.22. The summed E-state index contributed by atoms with van der Waals surface area (Å²) in [5.74, 6) is 0.325. The molecule has 0 radical (unpaired) electrons. The summed E-state index contributed by atoms with van der Waals surface area (Å²) in [6, 6.07) is 3.05. The van der Waals surface area contributed by atoms with E-state index in [1.54, 1.807) is 19.9 Å². The molecule has 1 amide bonds. The first-order valence-corrected chi connectivity index (χ1v) is 9.46. The van der Waals surface area contributed by atoms with Gasteiger partial charge in [0.25, 0.3) is 5.91 Å². The zero-order chi connectivity index (χ0) is 17.0. The van der Waals surface area contributed by atoms with Crippen LogP contribution >= 0.6 is 12.4 Å². The molecule has 24 heavy (non-hydrogen) atoms. The number of carbonyl (C=O) groups excluding carboxylic acids is 1. The predicted octanol–water partition coefficient (Wildman–Crippen LogP) is 1.49. The van der Waals surface area contributed by atoms with E-state index in [0.29, 0.717) is 23.6 Å². The minimum atomic E-state index is -3.84. The van der Waals surface area contributed by atoms with Crippen molar-refractivity contribution in [3.63, 3.8) is 0 Å². The van der Waals surface area contributed by atoms with Crippen LogP contribution in [0.2, 0.25) is 0 Å². The van der Waals surface area contributed by atoms with Crippen LogP contribution in [0.1, 0.15) is 40.7 Å². The molecule has 1 heterocycles. The van der Waals surface area contributed by atoms with Crippen LogP contribution in [0.25, 0.3) is 0 Å². The first kappa shape index (κ1) is 20.9. The second-order valence-electron chi connectivity index (χ2n) is 6.22. The van der Waals surface area contributed by atoms with E-state index in [-0.39, 0.29) is 23.2 Å². The molecule has 6 nitrogen and oxygen atoms in total. The summed E-state index contributed by atoms with van der Waals surface area (Å²) in [7, 11) is -3.84. The number of primary sulfonamides is 1. The van der Waals surface area contributed by atoms with Crippen LogP contribution in [0, 0.1) is 19.8 Å². The Kier molecular flexibility index (Phi) is 7.66. The summed E-state index contributed by atoms with van der Waals surface area (Å²) >= 11 is 0. The monoisotopic (exact) mass is 375 g/mol. The number of nitrogens with one attached hydrogen (secondary N) is 2. The number of piperidine rings is 1. The average molecular weight is 376 g/mol. The van der Waals surface area contributed by atoms with Gasteiger partial charge in [0, 0.05) is 12.1 Å². The van der Waals surface area contributed by atoms with Crippen molar-refractivity contribution in [1.29, 1.82) is 0 Å². The quantitative estimate of drug-likeness (QED) is 0.725. The van der Waals surface area contributed by atoms with Crippen molar-refractivity contribution in [3.05, 3.63) is 28.8 Å². The molecule has 1 fully saturated rings. The second-order valence-corrected chi connectivity index (χ2v) is 7.75. The topological polar surface area (TPSA) is 101 Å². The molecule has 1 aromatic carbocycles. The number of hydrogen-bond acceptors (Lipinski definition) is 4. The largest absolute Gasteiger partial charge is 0.352 e. The third-order valence-corrected chi connectivity index (χ3v) is 5.46. The summed E-state index contributed by atoms with van der Waals surface area (Å²) in [5.41, 5.74) is 1.65. The predicted molar refractivity (Wildman–Crippen MR) is 97.1 cm³/mol. The van der Waals surface area contributed by atoms with Crippen molar-refractivity contribution in [2.24, 2.45) is 11.1 Å². The smallest absolute Gasteiger partial charge is 0.251 e. The Hall–Kier alpha value is -1.15. The summed E-state index contributed by atoms with van der Waals surface area (Å²) in [5, 5.41) is 11.4. The lowest BCUT2D eigenvalue weighted by atomic mass is 9.96. The van der Waals surface area contributed by atoms with Crippen LogP contribution in [0.4, 0.5) is 0 Å². The van der Waals surface area contributed by atoms with Crippen molar-refractivity contribution in [2.75, 3.05) is 19.6 Å². The van der Waals surface area contributed by atoms with E-state index in [1.165, 1.54) is 18.9 Å². The Morgan fingerprint density at radius 1 is 1.38 bits per heavy atom. The minimum absolute atomic E-state index is 0. The standard InChI is InChI=1S/C16H25N3O3S.ClH/c1-11-8-14(9-15(12(11)2)23(17,21)22)16(20)19-7-5-13-4-3-6-18-10-13;/h8-9,13,18H,3-7,10H2,1-2H3,(H,19,20)(H2,17,21,22);1H. The summed E-state index contributed by atoms with van der Waals surface area (Å²) in [6.45, 7) is 6.11. The fourth-order valence-corrected chi connectivity index (χ4v) is 3.79. The van der Waals surface area contributed by atoms with Gasteiger partial charge in [-0.3, -0.25) is 4.79 Å². The number of benzene rings is 1. The van der Waals surface area contributed by atoms with E-state index in [4.69, 9.17) is 5.14 Å². The molecule has 0 spiro atoms. The number of carbonyl (C=O) groups is 1. The van der Waals surface area contributed by atoms with Crippen molar-refractivity contribution in [1.82, 2.24) is 10.6 Å². The zero-order valence-corrected chi connectivity index (χ0v) is 15.7. The third-order valence-electron chi connectivity index (χ3n) is 4.43. The lowest BCUT2D eigenvalue weighted by Crippen LogP contribution is -2.33. The molecule has 0 aromatic heterocycles. The maximum Gasteiger partial charge on any atom is 0.251 e. The maximum atomic E-state index is 12.3. The van der Waals surface area contributed by atoms with Crippen molar-refractivity contribution < 1.29 is 13.2 Å². The van der Waals surface area contributed by atoms with E-state index in [0.717, 1.165) is 25.1 Å². The number of amides is 1. The molecule has 2 rings (SSSR count). The number of rotatable bonds is 5. The molecule has 1 atom stereocenters. The van der Waals surface area contributed by atoms with Gasteiger partial charge < -0.3 is 10.6 Å². The van der Waals surface area contributed by atoms with Crippen molar-refractivity contribution in [3.8, 4) is 0 Å². The third kappa shape index (κ3) is 5.44. The van der Waals surface area contributed by atoms with Gasteiger partial charge in [-0.2, -0.15) is 0 Å². The highest BCUT2D eigenvalue weighted by atomic mass is 35.5. The van der Waals surface area contributed by atoms with E-state index >= 15 is 0 Å². The van der Waals surface area contributed by atoms with Gasteiger partial charge in [0.2, 0.25) is 10.0 Å². The highest BCUT2D eigenvalue weighted by Crippen LogP contribution is 2.20. The number of sulfonamides is 1. The number of halogens is 1. The van der Waals surface area contributed by atoms with Gasteiger partial charge in [-0.1, -0.05) is 0 Å². The van der Waals surface area contributed by atoms with Crippen LogP contribution in [-0.2, 0) is 10.0 Å². The molecule has 0 bridgehead atoms. The highest BCUT2D eigenvalue weighted by Gasteiger charge is 2.18. The molecular weight excluding hydrogens is 350 g/mol. The summed E-state index contributed by atoms with van der Waals surface area (Å²) in [4.78, 5) is 12.3. The number of aryl methyl sites for hydroxylation is 1. The van der Waals surface area contributed by atoms with Gasteiger partial charge in [-0.05, 0) is 75.4 Å². The number of nitrogens with two attached hydrogens (primary N) is 1. The first-order valence-electron chi connectivity index (χ1n) is 7.92. The Labute approximate surface area is 150 Å². The molecule has 1 saturated heterocycles. The van der Waals surface area contributed by atoms with Crippen molar-refractivity contribution in [2.45, 2.75) is 38.0 Å². The molecule has 1 aromatic rings. The van der Waals surface area contributed by atoms with Crippen LogP contribution in [0.5, 0.6) is 0 Å². The highest BCUT2D eigenvalue weighted by molar-refractivity contribution is 7.89. The fourth-order valence-electron chi connectivity index (χ4n) is 2.92. The first-order chi connectivity index (χ1) is 10.8. The van der Waals surface area contributed by atoms with Gasteiger partial charge in [-0.15, -0.1) is 12.4 Å². The van der Waals surface area contributed by atoms with Crippen LogP contribution < -0.4 is 15.8 Å². The fraction of sp³-hybridized carbons (Fsp3) is 0.562. The Balaban J connectivity index is 0.00000288. The molecule has 0 aliphatic carbocycles. The van der Waals surface area contributed by atoms with E-state index in [9.17, 15) is 13.2 Å². The molecule has 1 aliphatic heterocycles. The molecule has 4 N–H and O–H groups in total. The van der Waals surface area contributed by atoms with Crippen molar-refractivity contribution >= 4 is 28.3 Å². The molecular formula is C16H26ClN3O3S. The van der Waals surface area contributed by atoms with Gasteiger partial charge in [0.05, 0.1) is 4.90 Å². The van der Waals surface area contributed by atoms with Gasteiger partial charge in [0.1, 0.15) is 0 Å². The summed E-state index contributed by atoms with van der Waals surface area (Å²) < 4.78 is 23.3. The lowest BCUT2D eigenvalue weighted by molar-refractivity contribution is 0.0950.